The second-order valence-corrected chi connectivity index (χ2v) is 7.09. The molecule has 0 bridgehead atoms. The highest BCUT2D eigenvalue weighted by Crippen LogP contribution is 2.32. The molecule has 4 aromatic rings. The predicted molar refractivity (Wildman–Crippen MR) is 113 cm³/mol. The molecule has 0 saturated carbocycles. The molecule has 0 fully saturated rings. The van der Waals surface area contributed by atoms with Crippen molar-refractivity contribution in [3.05, 3.63) is 77.4 Å². The lowest BCUT2D eigenvalue weighted by Gasteiger charge is -2.01. The van der Waals surface area contributed by atoms with Gasteiger partial charge in [0.25, 0.3) is 5.91 Å². The fourth-order valence-corrected chi connectivity index (χ4v) is 3.59. The van der Waals surface area contributed by atoms with Gasteiger partial charge in [-0.2, -0.15) is 9.90 Å². The number of nitrogens with zero attached hydrogens (tertiary/aromatic N) is 4. The summed E-state index contributed by atoms with van der Waals surface area (Å²) in [5.41, 5.74) is 2.09. The van der Waals surface area contributed by atoms with Gasteiger partial charge < -0.3 is 4.74 Å². The maximum Gasteiger partial charge on any atom is 0.350 e. The number of ether oxygens (including phenoxy) is 1. The minimum atomic E-state index is -0.482. The zero-order valence-electron chi connectivity index (χ0n) is 16.0. The van der Waals surface area contributed by atoms with Crippen molar-refractivity contribution >= 4 is 28.3 Å². The molecule has 4 rings (SSSR count). The Kier molecular flexibility index (Phi) is 5.62. The van der Waals surface area contributed by atoms with E-state index < -0.39 is 11.9 Å². The van der Waals surface area contributed by atoms with Gasteiger partial charge in [-0.15, -0.1) is 5.10 Å². The molecule has 150 valence electrons. The molecule has 2 heterocycles. The maximum absolute atomic E-state index is 12.6. The number of benzene rings is 2. The van der Waals surface area contributed by atoms with Crippen LogP contribution in [-0.4, -0.2) is 38.5 Å². The molecule has 0 aliphatic carbocycles. The predicted octanol–water partition coefficient (Wildman–Crippen LogP) is 3.82. The summed E-state index contributed by atoms with van der Waals surface area (Å²) in [6, 6.07) is 18.5. The zero-order valence-corrected chi connectivity index (χ0v) is 16.8. The first kappa shape index (κ1) is 19.5. The van der Waals surface area contributed by atoms with Crippen LogP contribution in [0.5, 0.6) is 0 Å². The summed E-state index contributed by atoms with van der Waals surface area (Å²) in [7, 11) is 0. The summed E-state index contributed by atoms with van der Waals surface area (Å²) in [6.45, 7) is 1.98. The smallest absolute Gasteiger partial charge is 0.350 e. The molecule has 8 nitrogen and oxygen atoms in total. The molecule has 1 N–H and O–H groups in total. The normalized spacial score (nSPS) is 10.6. The van der Waals surface area contributed by atoms with Crippen LogP contribution in [-0.2, 0) is 4.74 Å². The zero-order chi connectivity index (χ0) is 20.9. The van der Waals surface area contributed by atoms with Crippen molar-refractivity contribution in [3.63, 3.8) is 0 Å². The van der Waals surface area contributed by atoms with Gasteiger partial charge >= 0.3 is 5.97 Å². The van der Waals surface area contributed by atoms with Crippen molar-refractivity contribution in [1.82, 2.24) is 20.0 Å². The lowest BCUT2D eigenvalue weighted by atomic mass is 10.1. The number of aromatic nitrogens is 4. The number of nitrogens with one attached hydrogen (secondary N) is 1. The van der Waals surface area contributed by atoms with E-state index in [0.29, 0.717) is 10.6 Å². The van der Waals surface area contributed by atoms with Crippen LogP contribution in [0.25, 0.3) is 16.9 Å². The highest BCUT2D eigenvalue weighted by Gasteiger charge is 2.22. The standard InChI is InChI=1S/C21H17N5O3S/c1-2-29-20(28)18-17(14-9-5-3-6-10-14)23-21(30-18)24-19(27)16-13-22-26(25-16)15-11-7-4-8-12-15/h3-13H,2H2,1H3,(H,23,24,27). The number of rotatable bonds is 6. The van der Waals surface area contributed by atoms with Gasteiger partial charge in [-0.1, -0.05) is 59.9 Å². The molecule has 0 atom stereocenters. The number of carbonyl (C=O) groups excluding carboxylic acids is 2. The van der Waals surface area contributed by atoms with E-state index in [-0.39, 0.29) is 17.4 Å². The minimum absolute atomic E-state index is 0.132. The highest BCUT2D eigenvalue weighted by atomic mass is 32.1. The van der Waals surface area contributed by atoms with Gasteiger partial charge in [-0.3, -0.25) is 10.1 Å². The Balaban J connectivity index is 1.59. The van der Waals surface area contributed by atoms with Crippen LogP contribution in [0.4, 0.5) is 5.13 Å². The number of anilines is 1. The van der Waals surface area contributed by atoms with Crippen LogP contribution < -0.4 is 5.32 Å². The van der Waals surface area contributed by atoms with E-state index in [1.807, 2.05) is 60.7 Å². The summed E-state index contributed by atoms with van der Waals surface area (Å²) < 4.78 is 5.14. The molecule has 0 aliphatic rings. The van der Waals surface area contributed by atoms with E-state index in [2.05, 4.69) is 20.5 Å². The first-order valence-electron chi connectivity index (χ1n) is 9.18. The fraction of sp³-hybridized carbons (Fsp3) is 0.0952. The summed E-state index contributed by atoms with van der Waals surface area (Å²) in [5.74, 6) is -0.953. The highest BCUT2D eigenvalue weighted by molar-refractivity contribution is 7.18. The van der Waals surface area contributed by atoms with E-state index in [4.69, 9.17) is 4.74 Å². The number of para-hydroxylation sites is 1. The fourth-order valence-electron chi connectivity index (χ4n) is 2.71. The third-order valence-corrected chi connectivity index (χ3v) is 5.02. The molecule has 0 aliphatic heterocycles. The number of hydrogen-bond donors (Lipinski definition) is 1. The van der Waals surface area contributed by atoms with Gasteiger partial charge in [-0.25, -0.2) is 9.78 Å². The Morgan fingerprint density at radius 3 is 2.47 bits per heavy atom. The van der Waals surface area contributed by atoms with Gasteiger partial charge in [-0.05, 0) is 19.1 Å². The van der Waals surface area contributed by atoms with Crippen molar-refractivity contribution in [2.75, 3.05) is 11.9 Å². The van der Waals surface area contributed by atoms with Crippen molar-refractivity contribution in [2.45, 2.75) is 6.92 Å². The van der Waals surface area contributed by atoms with Crippen LogP contribution in [0.3, 0.4) is 0 Å². The molecule has 1 amide bonds. The lowest BCUT2D eigenvalue weighted by Crippen LogP contribution is -2.13. The van der Waals surface area contributed by atoms with Crippen molar-refractivity contribution < 1.29 is 14.3 Å². The summed E-state index contributed by atoms with van der Waals surface area (Å²) in [6.07, 6.45) is 1.38. The monoisotopic (exact) mass is 419 g/mol. The van der Waals surface area contributed by atoms with E-state index >= 15 is 0 Å². The molecular weight excluding hydrogens is 402 g/mol. The molecule has 0 saturated heterocycles. The molecule has 2 aromatic heterocycles. The third kappa shape index (κ3) is 4.11. The van der Waals surface area contributed by atoms with E-state index in [1.165, 1.54) is 11.0 Å². The van der Waals surface area contributed by atoms with Gasteiger partial charge in [0.15, 0.2) is 10.8 Å². The maximum atomic E-state index is 12.6. The first-order valence-corrected chi connectivity index (χ1v) is 10.00. The van der Waals surface area contributed by atoms with Crippen molar-refractivity contribution in [1.29, 1.82) is 0 Å². The molecule has 0 unspecified atom stereocenters. The molecule has 0 radical (unpaired) electrons. The van der Waals surface area contributed by atoms with Crippen LogP contribution in [0.1, 0.15) is 27.1 Å². The van der Waals surface area contributed by atoms with E-state index in [9.17, 15) is 9.59 Å². The SMILES string of the molecule is CCOC(=O)c1sc(NC(=O)c2cnn(-c3ccccc3)n2)nc1-c1ccccc1. The number of hydrogen-bond acceptors (Lipinski definition) is 7. The summed E-state index contributed by atoms with van der Waals surface area (Å²) in [4.78, 5) is 31.2. The van der Waals surface area contributed by atoms with Crippen LogP contribution >= 0.6 is 11.3 Å². The van der Waals surface area contributed by atoms with Crippen LogP contribution in [0.15, 0.2) is 66.9 Å². The van der Waals surface area contributed by atoms with Gasteiger partial charge in [0.2, 0.25) is 0 Å². The first-order chi connectivity index (χ1) is 14.7. The molecule has 2 aromatic carbocycles. The van der Waals surface area contributed by atoms with E-state index in [0.717, 1.165) is 22.6 Å². The third-order valence-electron chi connectivity index (χ3n) is 4.07. The molecular formula is C21H17N5O3S. The Labute approximate surface area is 176 Å². The average Bonchev–Trinajstić information content (AvgIpc) is 3.43. The number of amides is 1. The van der Waals surface area contributed by atoms with Crippen LogP contribution in [0.2, 0.25) is 0 Å². The van der Waals surface area contributed by atoms with Gasteiger partial charge in [0, 0.05) is 5.56 Å². The largest absolute Gasteiger partial charge is 0.462 e. The van der Waals surface area contributed by atoms with Gasteiger partial charge in [0.05, 0.1) is 24.2 Å². The van der Waals surface area contributed by atoms with Gasteiger partial charge in [0.1, 0.15) is 4.88 Å². The second-order valence-electron chi connectivity index (χ2n) is 6.09. The topological polar surface area (TPSA) is 99.0 Å². The molecule has 0 spiro atoms. The summed E-state index contributed by atoms with van der Waals surface area (Å²) >= 11 is 1.06. The van der Waals surface area contributed by atoms with Crippen molar-refractivity contribution in [2.24, 2.45) is 0 Å². The van der Waals surface area contributed by atoms with Crippen molar-refractivity contribution in [3.8, 4) is 16.9 Å². The average molecular weight is 419 g/mol. The van der Waals surface area contributed by atoms with E-state index in [1.54, 1.807) is 6.92 Å². The number of esters is 1. The molecule has 30 heavy (non-hydrogen) atoms. The lowest BCUT2D eigenvalue weighted by molar-refractivity contribution is 0.0532. The Hall–Kier alpha value is -3.85. The minimum Gasteiger partial charge on any atom is -0.462 e. The molecule has 9 heteroatoms. The number of thiazole rings is 1. The summed E-state index contributed by atoms with van der Waals surface area (Å²) in [5, 5.41) is 11.3. The quantitative estimate of drug-likeness (QED) is 0.477. The van der Waals surface area contributed by atoms with Crippen LogP contribution in [0, 0.1) is 0 Å². The Bertz CT molecular complexity index is 1170. The number of carbonyl (C=O) groups is 2. The Morgan fingerprint density at radius 2 is 1.77 bits per heavy atom. The second kappa shape index (κ2) is 8.66. The Morgan fingerprint density at radius 1 is 1.07 bits per heavy atom.